The second-order valence-corrected chi connectivity index (χ2v) is 8.01. The maximum Gasteiger partial charge on any atom is 0.134 e. The number of furan rings is 1. The first kappa shape index (κ1) is 14.2. The van der Waals surface area contributed by atoms with Crippen molar-refractivity contribution < 1.29 is 4.42 Å². The molecule has 2 nitrogen and oxygen atoms in total. The molecular weight excluding hydrogens is 314 g/mol. The SMILES string of the molecule is CC(NC1C(C)(C)C1(C)C)c1cc2cc(Br)ccc2o1. The Bertz CT molecular complexity index is 642. The number of benzene rings is 1. The van der Waals surface area contributed by atoms with Crippen LogP contribution in [0.1, 0.15) is 46.4 Å². The molecule has 1 saturated carbocycles. The Balaban J connectivity index is 1.81. The number of fused-ring (bicyclic) bond motifs is 1. The minimum atomic E-state index is 0.229. The van der Waals surface area contributed by atoms with Crippen LogP contribution in [0.25, 0.3) is 11.0 Å². The van der Waals surface area contributed by atoms with E-state index in [2.05, 4.69) is 68.0 Å². The quantitative estimate of drug-likeness (QED) is 0.825. The molecule has 1 aromatic carbocycles. The molecule has 3 heteroatoms. The van der Waals surface area contributed by atoms with Gasteiger partial charge in [0.1, 0.15) is 11.3 Å². The summed E-state index contributed by atoms with van der Waals surface area (Å²) in [6, 6.07) is 9.03. The predicted molar refractivity (Wildman–Crippen MR) is 86.8 cm³/mol. The molecule has 1 aliphatic rings. The Kier molecular flexibility index (Phi) is 3.07. The van der Waals surface area contributed by atoms with Crippen LogP contribution in [0.15, 0.2) is 33.2 Å². The van der Waals surface area contributed by atoms with Crippen molar-refractivity contribution in [2.24, 2.45) is 10.8 Å². The molecule has 0 bridgehead atoms. The Hall–Kier alpha value is -0.800. The zero-order chi connectivity index (χ0) is 14.7. The molecule has 1 unspecified atom stereocenters. The molecule has 1 heterocycles. The van der Waals surface area contributed by atoms with Gasteiger partial charge in [-0.15, -0.1) is 0 Å². The molecule has 20 heavy (non-hydrogen) atoms. The van der Waals surface area contributed by atoms with Crippen LogP contribution in [-0.2, 0) is 0 Å². The van der Waals surface area contributed by atoms with E-state index in [0.29, 0.717) is 16.9 Å². The molecule has 1 aromatic heterocycles. The summed E-state index contributed by atoms with van der Waals surface area (Å²) in [4.78, 5) is 0. The lowest BCUT2D eigenvalue weighted by Gasteiger charge is -2.12. The van der Waals surface area contributed by atoms with E-state index in [4.69, 9.17) is 4.42 Å². The number of hydrogen-bond donors (Lipinski definition) is 1. The largest absolute Gasteiger partial charge is 0.459 e. The molecule has 108 valence electrons. The Morgan fingerprint density at radius 1 is 1.15 bits per heavy atom. The third-order valence-corrected chi connectivity index (χ3v) is 5.85. The molecule has 1 N–H and O–H groups in total. The zero-order valence-electron chi connectivity index (χ0n) is 12.8. The van der Waals surface area contributed by atoms with Gasteiger partial charge in [0, 0.05) is 15.9 Å². The van der Waals surface area contributed by atoms with E-state index < -0.39 is 0 Å². The summed E-state index contributed by atoms with van der Waals surface area (Å²) in [6.45, 7) is 11.5. The first-order valence-corrected chi connectivity index (χ1v) is 7.98. The van der Waals surface area contributed by atoms with Gasteiger partial charge in [0.05, 0.1) is 6.04 Å². The fraction of sp³-hybridized carbons (Fsp3) is 0.529. The van der Waals surface area contributed by atoms with Crippen LogP contribution >= 0.6 is 15.9 Å². The van der Waals surface area contributed by atoms with Gasteiger partial charge in [0.25, 0.3) is 0 Å². The lowest BCUT2D eigenvalue weighted by Crippen LogP contribution is -2.25. The van der Waals surface area contributed by atoms with Crippen molar-refractivity contribution in [3.8, 4) is 0 Å². The van der Waals surface area contributed by atoms with Gasteiger partial charge < -0.3 is 9.73 Å². The van der Waals surface area contributed by atoms with E-state index in [9.17, 15) is 0 Å². The highest BCUT2D eigenvalue weighted by molar-refractivity contribution is 9.10. The molecule has 1 aliphatic carbocycles. The Morgan fingerprint density at radius 3 is 2.40 bits per heavy atom. The van der Waals surface area contributed by atoms with Crippen LogP contribution in [0.2, 0.25) is 0 Å². The monoisotopic (exact) mass is 335 g/mol. The summed E-state index contributed by atoms with van der Waals surface area (Å²) >= 11 is 3.50. The molecule has 1 atom stereocenters. The number of hydrogen-bond acceptors (Lipinski definition) is 2. The van der Waals surface area contributed by atoms with E-state index in [1.165, 1.54) is 0 Å². The van der Waals surface area contributed by atoms with Gasteiger partial charge in [-0.2, -0.15) is 0 Å². The Morgan fingerprint density at radius 2 is 1.80 bits per heavy atom. The van der Waals surface area contributed by atoms with E-state index in [0.717, 1.165) is 21.2 Å². The van der Waals surface area contributed by atoms with E-state index >= 15 is 0 Å². The average molecular weight is 336 g/mol. The summed E-state index contributed by atoms with van der Waals surface area (Å²) in [5.74, 6) is 1.01. The molecule has 0 aliphatic heterocycles. The highest BCUT2D eigenvalue weighted by atomic mass is 79.9. The van der Waals surface area contributed by atoms with Crippen LogP contribution in [0.3, 0.4) is 0 Å². The van der Waals surface area contributed by atoms with Crippen molar-refractivity contribution in [2.45, 2.75) is 46.7 Å². The molecule has 2 aromatic rings. The minimum Gasteiger partial charge on any atom is -0.459 e. The van der Waals surface area contributed by atoms with Gasteiger partial charge in [-0.25, -0.2) is 0 Å². The van der Waals surface area contributed by atoms with Crippen LogP contribution < -0.4 is 5.32 Å². The van der Waals surface area contributed by atoms with Crippen LogP contribution in [-0.4, -0.2) is 6.04 Å². The van der Waals surface area contributed by atoms with E-state index in [1.54, 1.807) is 0 Å². The fourth-order valence-corrected chi connectivity index (χ4v) is 3.57. The second kappa shape index (κ2) is 4.35. The number of nitrogens with one attached hydrogen (secondary N) is 1. The molecule has 1 fully saturated rings. The van der Waals surface area contributed by atoms with Crippen molar-refractivity contribution in [3.63, 3.8) is 0 Å². The minimum absolute atomic E-state index is 0.229. The third-order valence-electron chi connectivity index (χ3n) is 5.36. The molecule has 0 amide bonds. The van der Waals surface area contributed by atoms with Crippen molar-refractivity contribution in [3.05, 3.63) is 34.5 Å². The van der Waals surface area contributed by atoms with Crippen molar-refractivity contribution in [1.82, 2.24) is 5.32 Å². The van der Waals surface area contributed by atoms with Gasteiger partial charge in [0.2, 0.25) is 0 Å². The smallest absolute Gasteiger partial charge is 0.134 e. The first-order chi connectivity index (χ1) is 9.23. The highest BCUT2D eigenvalue weighted by Crippen LogP contribution is 2.63. The molecular formula is C17H22BrNO. The standard InChI is InChI=1S/C17H22BrNO/c1-10(19-15-16(2,3)17(15,4)5)14-9-11-8-12(18)6-7-13(11)20-14/h6-10,15,19H,1-5H3. The van der Waals surface area contributed by atoms with Crippen molar-refractivity contribution in [2.75, 3.05) is 0 Å². The van der Waals surface area contributed by atoms with Crippen molar-refractivity contribution >= 4 is 26.9 Å². The van der Waals surface area contributed by atoms with Crippen LogP contribution in [0, 0.1) is 10.8 Å². The van der Waals surface area contributed by atoms with E-state index in [1.807, 2.05) is 12.1 Å². The third kappa shape index (κ3) is 2.03. The van der Waals surface area contributed by atoms with Gasteiger partial charge >= 0.3 is 0 Å². The zero-order valence-corrected chi connectivity index (χ0v) is 14.3. The van der Waals surface area contributed by atoms with Gasteiger partial charge in [-0.05, 0) is 42.0 Å². The summed E-state index contributed by atoms with van der Waals surface area (Å²) in [6.07, 6.45) is 0. The summed E-state index contributed by atoms with van der Waals surface area (Å²) in [5.41, 5.74) is 1.64. The summed E-state index contributed by atoms with van der Waals surface area (Å²) in [5, 5.41) is 4.87. The Labute approximate surface area is 129 Å². The first-order valence-electron chi connectivity index (χ1n) is 7.18. The summed E-state index contributed by atoms with van der Waals surface area (Å²) < 4.78 is 7.05. The summed E-state index contributed by atoms with van der Waals surface area (Å²) in [7, 11) is 0. The maximum atomic E-state index is 5.97. The van der Waals surface area contributed by atoms with Crippen molar-refractivity contribution in [1.29, 1.82) is 0 Å². The predicted octanol–water partition coefficient (Wildman–Crippen LogP) is 5.28. The van der Waals surface area contributed by atoms with Crippen LogP contribution in [0.5, 0.6) is 0 Å². The highest BCUT2D eigenvalue weighted by Gasteiger charge is 2.64. The topological polar surface area (TPSA) is 25.2 Å². The second-order valence-electron chi connectivity index (χ2n) is 7.10. The van der Waals surface area contributed by atoms with Gasteiger partial charge in [-0.1, -0.05) is 43.6 Å². The average Bonchev–Trinajstić information content (AvgIpc) is 2.70. The number of rotatable bonds is 3. The fourth-order valence-electron chi connectivity index (χ4n) is 3.19. The molecule has 0 saturated heterocycles. The van der Waals surface area contributed by atoms with Gasteiger partial charge in [-0.3, -0.25) is 0 Å². The lowest BCUT2D eigenvalue weighted by atomic mass is 10.0. The normalized spacial score (nSPS) is 22.1. The lowest BCUT2D eigenvalue weighted by molar-refractivity contribution is 0.422. The van der Waals surface area contributed by atoms with E-state index in [-0.39, 0.29) is 6.04 Å². The maximum absolute atomic E-state index is 5.97. The molecule has 0 radical (unpaired) electrons. The van der Waals surface area contributed by atoms with Crippen LogP contribution in [0.4, 0.5) is 0 Å². The number of halogens is 1. The van der Waals surface area contributed by atoms with Gasteiger partial charge in [0.15, 0.2) is 0 Å². The molecule has 3 rings (SSSR count). The molecule has 0 spiro atoms.